The smallest absolute Gasteiger partial charge is 0.224 e. The van der Waals surface area contributed by atoms with Crippen molar-refractivity contribution >= 4 is 22.6 Å². The lowest BCUT2D eigenvalue weighted by Crippen LogP contribution is -2.13. The zero-order valence-corrected chi connectivity index (χ0v) is 14.7. The van der Waals surface area contributed by atoms with E-state index < -0.39 is 0 Å². The van der Waals surface area contributed by atoms with Crippen molar-refractivity contribution in [2.24, 2.45) is 5.41 Å². The maximum atomic E-state index is 14.4. The van der Waals surface area contributed by atoms with Gasteiger partial charge < -0.3 is 14.7 Å². The van der Waals surface area contributed by atoms with E-state index in [-0.39, 0.29) is 5.82 Å². The van der Waals surface area contributed by atoms with Crippen molar-refractivity contribution in [3.63, 3.8) is 0 Å². The van der Waals surface area contributed by atoms with Crippen LogP contribution in [0.4, 0.5) is 10.3 Å². The number of anilines is 1. The van der Waals surface area contributed by atoms with Gasteiger partial charge in [0.15, 0.2) is 11.5 Å². The van der Waals surface area contributed by atoms with Gasteiger partial charge in [-0.05, 0) is 31.2 Å². The summed E-state index contributed by atoms with van der Waals surface area (Å²) in [4.78, 5) is 16.3. The van der Waals surface area contributed by atoms with E-state index in [0.29, 0.717) is 17.0 Å². The monoisotopic (exact) mass is 350 g/mol. The molecule has 0 radical (unpaired) electrons. The molecule has 4 aromatic heterocycles. The Morgan fingerprint density at radius 1 is 1.31 bits per heavy atom. The van der Waals surface area contributed by atoms with Crippen LogP contribution in [0.1, 0.15) is 25.5 Å². The van der Waals surface area contributed by atoms with E-state index >= 15 is 0 Å². The molecule has 5 rings (SSSR count). The number of aromatic nitrogens is 5. The van der Waals surface area contributed by atoms with E-state index in [0.717, 1.165) is 34.4 Å². The van der Waals surface area contributed by atoms with Crippen LogP contribution in [0, 0.1) is 18.2 Å². The molecule has 0 amide bonds. The van der Waals surface area contributed by atoms with Crippen molar-refractivity contribution in [3.8, 4) is 11.1 Å². The van der Waals surface area contributed by atoms with Gasteiger partial charge in [-0.3, -0.25) is 0 Å². The van der Waals surface area contributed by atoms with Crippen molar-refractivity contribution in [1.29, 1.82) is 0 Å². The second-order valence-electron chi connectivity index (χ2n) is 7.49. The molecular formula is C19H19FN6. The van der Waals surface area contributed by atoms with Crippen LogP contribution >= 0.6 is 0 Å². The number of H-pyrrole nitrogens is 1. The van der Waals surface area contributed by atoms with Gasteiger partial charge in [0, 0.05) is 53.5 Å². The first-order valence-electron chi connectivity index (χ1n) is 8.74. The summed E-state index contributed by atoms with van der Waals surface area (Å²) in [6, 6.07) is 1.50. The van der Waals surface area contributed by atoms with Crippen molar-refractivity contribution in [2.75, 3.05) is 11.9 Å². The third-order valence-electron chi connectivity index (χ3n) is 5.27. The fraction of sp³-hybridized carbons (Fsp3) is 0.316. The standard InChI is InChI=1S/C19H19FN6/c1-11-6-22-17-15(20)5-12(9-26(11)17)13-7-21-16-14(13)8-23-18(25-16)24-10-19(2)3-4-19/h5-9H,3-4,10H2,1-2H3,(H2,21,23,24,25). The predicted octanol–water partition coefficient (Wildman–Crippen LogP) is 3.93. The first-order chi connectivity index (χ1) is 12.5. The summed E-state index contributed by atoms with van der Waals surface area (Å²) in [6.07, 6.45) is 9.68. The van der Waals surface area contributed by atoms with E-state index in [4.69, 9.17) is 0 Å². The Bertz CT molecular complexity index is 1140. The van der Waals surface area contributed by atoms with E-state index in [9.17, 15) is 4.39 Å². The molecule has 2 N–H and O–H groups in total. The molecule has 4 aromatic rings. The molecule has 0 aliphatic heterocycles. The Labute approximate surface area is 149 Å². The number of fused-ring (bicyclic) bond motifs is 2. The van der Waals surface area contributed by atoms with Crippen LogP contribution in [0.25, 0.3) is 27.8 Å². The number of hydrogen-bond acceptors (Lipinski definition) is 4. The van der Waals surface area contributed by atoms with Crippen LogP contribution in [0.5, 0.6) is 0 Å². The fourth-order valence-electron chi connectivity index (χ4n) is 3.22. The number of halogens is 1. The Morgan fingerprint density at radius 3 is 2.96 bits per heavy atom. The minimum Gasteiger partial charge on any atom is -0.354 e. The average Bonchev–Trinajstić information content (AvgIpc) is 3.04. The van der Waals surface area contributed by atoms with Gasteiger partial charge in [-0.15, -0.1) is 0 Å². The maximum absolute atomic E-state index is 14.4. The van der Waals surface area contributed by atoms with E-state index in [2.05, 4.69) is 32.2 Å². The van der Waals surface area contributed by atoms with Gasteiger partial charge in [-0.25, -0.2) is 14.4 Å². The molecule has 1 aliphatic carbocycles. The third kappa shape index (κ3) is 2.42. The minimum absolute atomic E-state index is 0.336. The Kier molecular flexibility index (Phi) is 3.10. The number of imidazole rings is 1. The number of nitrogens with zero attached hydrogens (tertiary/aromatic N) is 4. The summed E-state index contributed by atoms with van der Waals surface area (Å²) < 4.78 is 16.2. The van der Waals surface area contributed by atoms with Crippen molar-refractivity contribution in [1.82, 2.24) is 24.3 Å². The number of nitrogens with one attached hydrogen (secondary N) is 2. The SMILES string of the molecule is Cc1cnc2c(F)cc(-c3c[nH]c4nc(NCC5(C)CC5)ncc34)cn12. The molecule has 0 bridgehead atoms. The first-order valence-corrected chi connectivity index (χ1v) is 8.74. The molecule has 0 saturated heterocycles. The topological polar surface area (TPSA) is 70.9 Å². The van der Waals surface area contributed by atoms with Gasteiger partial charge in [-0.1, -0.05) is 6.92 Å². The highest BCUT2D eigenvalue weighted by Gasteiger charge is 2.36. The Morgan fingerprint density at radius 2 is 2.15 bits per heavy atom. The highest BCUT2D eigenvalue weighted by atomic mass is 19.1. The summed E-state index contributed by atoms with van der Waals surface area (Å²) >= 11 is 0. The van der Waals surface area contributed by atoms with Crippen molar-refractivity contribution in [3.05, 3.63) is 42.4 Å². The molecule has 1 aliphatic rings. The normalized spacial score (nSPS) is 15.7. The van der Waals surface area contributed by atoms with Crippen LogP contribution < -0.4 is 5.32 Å². The largest absolute Gasteiger partial charge is 0.354 e. The van der Waals surface area contributed by atoms with Gasteiger partial charge >= 0.3 is 0 Å². The van der Waals surface area contributed by atoms with Crippen LogP contribution in [-0.2, 0) is 0 Å². The predicted molar refractivity (Wildman–Crippen MR) is 98.6 cm³/mol. The second kappa shape index (κ2) is 5.27. The van der Waals surface area contributed by atoms with Gasteiger partial charge in [0.05, 0.1) is 0 Å². The van der Waals surface area contributed by atoms with Crippen LogP contribution in [-0.4, -0.2) is 30.9 Å². The quantitative estimate of drug-likeness (QED) is 0.585. The number of hydrogen-bond donors (Lipinski definition) is 2. The summed E-state index contributed by atoms with van der Waals surface area (Å²) in [5.74, 6) is 0.271. The molecule has 7 heteroatoms. The van der Waals surface area contributed by atoms with Crippen LogP contribution in [0.3, 0.4) is 0 Å². The van der Waals surface area contributed by atoms with Gasteiger partial charge in [0.2, 0.25) is 5.95 Å². The zero-order chi connectivity index (χ0) is 17.9. The Balaban J connectivity index is 1.54. The number of aryl methyl sites for hydroxylation is 1. The lowest BCUT2D eigenvalue weighted by atomic mass is 10.1. The lowest BCUT2D eigenvalue weighted by Gasteiger charge is -2.09. The van der Waals surface area contributed by atoms with Gasteiger partial charge in [0.1, 0.15) is 5.65 Å². The van der Waals surface area contributed by atoms with Crippen molar-refractivity contribution < 1.29 is 4.39 Å². The summed E-state index contributed by atoms with van der Waals surface area (Å²) in [5, 5.41) is 4.18. The minimum atomic E-state index is -0.346. The van der Waals surface area contributed by atoms with Crippen LogP contribution in [0.2, 0.25) is 0 Å². The van der Waals surface area contributed by atoms with Gasteiger partial charge in [-0.2, -0.15) is 4.98 Å². The molecule has 0 atom stereocenters. The van der Waals surface area contributed by atoms with E-state index in [1.807, 2.05) is 19.3 Å². The third-order valence-corrected chi connectivity index (χ3v) is 5.27. The fourth-order valence-corrected chi connectivity index (χ4v) is 3.22. The molecule has 1 fully saturated rings. The molecule has 26 heavy (non-hydrogen) atoms. The van der Waals surface area contributed by atoms with E-state index in [1.165, 1.54) is 18.9 Å². The summed E-state index contributed by atoms with van der Waals surface area (Å²) in [6.45, 7) is 5.04. The highest BCUT2D eigenvalue weighted by Crippen LogP contribution is 2.44. The second-order valence-corrected chi connectivity index (χ2v) is 7.49. The highest BCUT2D eigenvalue weighted by molar-refractivity contribution is 5.93. The zero-order valence-electron chi connectivity index (χ0n) is 14.7. The molecule has 0 aromatic carbocycles. The molecule has 4 heterocycles. The summed E-state index contributed by atoms with van der Waals surface area (Å²) in [7, 11) is 0. The molecule has 0 unspecified atom stereocenters. The van der Waals surface area contributed by atoms with Crippen LogP contribution in [0.15, 0.2) is 30.9 Å². The number of aromatic amines is 1. The first kappa shape index (κ1) is 15.3. The molecule has 132 valence electrons. The lowest BCUT2D eigenvalue weighted by molar-refractivity contribution is 0.608. The molecule has 1 saturated carbocycles. The number of pyridine rings is 1. The molecule has 0 spiro atoms. The Hall–Kier alpha value is -2.96. The summed E-state index contributed by atoms with van der Waals surface area (Å²) in [5.41, 5.74) is 3.97. The maximum Gasteiger partial charge on any atom is 0.224 e. The molecule has 6 nitrogen and oxygen atoms in total. The molecular weight excluding hydrogens is 331 g/mol. The van der Waals surface area contributed by atoms with Gasteiger partial charge in [0.25, 0.3) is 0 Å². The number of rotatable bonds is 4. The van der Waals surface area contributed by atoms with Crippen molar-refractivity contribution in [2.45, 2.75) is 26.7 Å². The van der Waals surface area contributed by atoms with E-state index in [1.54, 1.807) is 16.8 Å². The average molecular weight is 350 g/mol.